The summed E-state index contributed by atoms with van der Waals surface area (Å²) in [4.78, 5) is 12.6. The maximum atomic E-state index is 14.4. The molecule has 0 aromatic heterocycles. The molecule has 0 saturated heterocycles. The lowest BCUT2D eigenvalue weighted by atomic mass is 9.88. The predicted octanol–water partition coefficient (Wildman–Crippen LogP) is 7.52. The third-order valence-electron chi connectivity index (χ3n) is 7.39. The molecular weight excluding hydrogens is 508 g/mol. The van der Waals surface area contributed by atoms with Gasteiger partial charge in [0.15, 0.2) is 0 Å². The van der Waals surface area contributed by atoms with Crippen LogP contribution in [-0.4, -0.2) is 35.5 Å². The maximum Gasteiger partial charge on any atom is 0.126 e. The van der Waals surface area contributed by atoms with Crippen LogP contribution in [0, 0.1) is 5.82 Å². The Morgan fingerprint density at radius 3 is 2.73 bits per heavy atom. The summed E-state index contributed by atoms with van der Waals surface area (Å²) in [5.74, 6) is 6.47. The van der Waals surface area contributed by atoms with Gasteiger partial charge in [-0.25, -0.2) is 19.7 Å². The van der Waals surface area contributed by atoms with E-state index in [9.17, 15) is 13.9 Å². The zero-order valence-electron chi connectivity index (χ0n) is 24.0. The molecule has 40 heavy (non-hydrogen) atoms. The minimum atomic E-state index is -0.747. The van der Waals surface area contributed by atoms with Gasteiger partial charge in [-0.05, 0) is 80.7 Å². The van der Waals surface area contributed by atoms with Crippen molar-refractivity contribution < 1.29 is 18.7 Å². The number of fused-ring (bicyclic) bond motifs is 1. The monoisotopic (exact) mass is 553 g/mol. The first-order valence-electron chi connectivity index (χ1n) is 14.0. The fraction of sp³-hybridized carbons (Fsp3) is 0.424. The first-order chi connectivity index (χ1) is 19.3. The van der Waals surface area contributed by atoms with Crippen LogP contribution in [0.2, 0.25) is 0 Å². The SMILES string of the molecule is C=C/C=C/C=C(\C=C(C)\N=C(\CCCCCO)N(C)C(C=C)C/C=C/F)CCC1(ON)CCc2c(F)cccc21. The van der Waals surface area contributed by atoms with Gasteiger partial charge in [-0.3, -0.25) is 4.84 Å². The van der Waals surface area contributed by atoms with Gasteiger partial charge in [0.2, 0.25) is 0 Å². The number of benzene rings is 1. The minimum absolute atomic E-state index is 0.105. The maximum absolute atomic E-state index is 14.4. The highest BCUT2D eigenvalue weighted by Gasteiger charge is 2.40. The number of aliphatic hydroxyl groups is 1. The Morgan fingerprint density at radius 2 is 2.05 bits per heavy atom. The smallest absolute Gasteiger partial charge is 0.126 e. The van der Waals surface area contributed by atoms with Gasteiger partial charge in [-0.15, -0.1) is 6.58 Å². The molecule has 1 aliphatic carbocycles. The van der Waals surface area contributed by atoms with E-state index in [1.54, 1.807) is 18.2 Å². The summed E-state index contributed by atoms with van der Waals surface area (Å²) in [6.45, 7) is 9.78. The largest absolute Gasteiger partial charge is 0.396 e. The van der Waals surface area contributed by atoms with Crippen molar-refractivity contribution in [1.82, 2.24) is 4.90 Å². The fourth-order valence-corrected chi connectivity index (χ4v) is 5.13. The zero-order chi connectivity index (χ0) is 29.4. The Balaban J connectivity index is 2.35. The molecule has 1 aromatic rings. The van der Waals surface area contributed by atoms with E-state index in [-0.39, 0.29) is 18.5 Å². The normalized spacial score (nSPS) is 18.9. The Morgan fingerprint density at radius 1 is 1.25 bits per heavy atom. The van der Waals surface area contributed by atoms with Crippen LogP contribution in [0.5, 0.6) is 0 Å². The predicted molar refractivity (Wildman–Crippen MR) is 162 cm³/mol. The van der Waals surface area contributed by atoms with Crippen molar-refractivity contribution >= 4 is 5.84 Å². The summed E-state index contributed by atoms with van der Waals surface area (Å²) in [7, 11) is 1.94. The highest BCUT2D eigenvalue weighted by Crippen LogP contribution is 2.44. The molecule has 2 rings (SSSR count). The van der Waals surface area contributed by atoms with Gasteiger partial charge >= 0.3 is 0 Å². The topological polar surface area (TPSA) is 71.1 Å². The summed E-state index contributed by atoms with van der Waals surface area (Å²) >= 11 is 0. The second kappa shape index (κ2) is 17.5. The molecule has 0 saturated carbocycles. The lowest BCUT2D eigenvalue weighted by molar-refractivity contribution is -0.0580. The summed E-state index contributed by atoms with van der Waals surface area (Å²) in [5, 5.41) is 9.17. The number of amidine groups is 1. The van der Waals surface area contributed by atoms with E-state index in [1.807, 2.05) is 49.2 Å². The molecule has 0 bridgehead atoms. The number of hydrogen-bond donors (Lipinski definition) is 2. The molecule has 1 aliphatic rings. The van der Waals surface area contributed by atoms with Gasteiger partial charge in [-0.1, -0.05) is 61.6 Å². The molecule has 0 aliphatic heterocycles. The van der Waals surface area contributed by atoms with Crippen LogP contribution in [0.1, 0.15) is 69.4 Å². The number of likely N-dealkylation sites (N-methyl/N-ethyl adjacent to an activating group) is 1. The molecule has 218 valence electrons. The van der Waals surface area contributed by atoms with Crippen molar-refractivity contribution in [1.29, 1.82) is 0 Å². The molecule has 7 heteroatoms. The average molecular weight is 554 g/mol. The molecule has 1 aromatic carbocycles. The third-order valence-corrected chi connectivity index (χ3v) is 7.39. The van der Waals surface area contributed by atoms with Gasteiger partial charge in [0.25, 0.3) is 0 Å². The highest BCUT2D eigenvalue weighted by molar-refractivity contribution is 5.83. The number of aliphatic imine (C=N–C) groups is 1. The molecule has 2 atom stereocenters. The van der Waals surface area contributed by atoms with Crippen LogP contribution in [0.3, 0.4) is 0 Å². The van der Waals surface area contributed by atoms with E-state index in [0.717, 1.165) is 41.9 Å². The van der Waals surface area contributed by atoms with E-state index in [2.05, 4.69) is 13.2 Å². The second-order valence-corrected chi connectivity index (χ2v) is 10.1. The fourth-order valence-electron chi connectivity index (χ4n) is 5.13. The van der Waals surface area contributed by atoms with E-state index in [1.165, 1.54) is 12.1 Å². The van der Waals surface area contributed by atoms with Gasteiger partial charge < -0.3 is 10.0 Å². The first-order valence-corrected chi connectivity index (χ1v) is 14.0. The molecule has 5 nitrogen and oxygen atoms in total. The Bertz CT molecular complexity index is 1120. The van der Waals surface area contributed by atoms with Gasteiger partial charge in [-0.2, -0.15) is 0 Å². The molecule has 0 heterocycles. The van der Waals surface area contributed by atoms with Crippen molar-refractivity contribution in [3.63, 3.8) is 0 Å². The lowest BCUT2D eigenvalue weighted by Crippen LogP contribution is -2.35. The number of allylic oxidation sites excluding steroid dienone is 7. The van der Waals surface area contributed by atoms with Gasteiger partial charge in [0.1, 0.15) is 17.3 Å². The molecule has 0 fully saturated rings. The number of nitrogens with zero attached hydrogens (tertiary/aromatic N) is 2. The van der Waals surface area contributed by atoms with E-state index < -0.39 is 5.60 Å². The van der Waals surface area contributed by atoms with E-state index in [0.29, 0.717) is 50.4 Å². The molecule has 0 radical (unpaired) electrons. The summed E-state index contributed by atoms with van der Waals surface area (Å²) in [6, 6.07) is 4.97. The summed E-state index contributed by atoms with van der Waals surface area (Å²) in [5.41, 5.74) is 2.58. The number of hydrogen-bond acceptors (Lipinski definition) is 4. The van der Waals surface area contributed by atoms with Crippen LogP contribution >= 0.6 is 0 Å². The van der Waals surface area contributed by atoms with E-state index in [4.69, 9.17) is 15.7 Å². The van der Waals surface area contributed by atoms with Crippen molar-refractivity contribution in [2.24, 2.45) is 10.9 Å². The van der Waals surface area contributed by atoms with E-state index >= 15 is 0 Å². The van der Waals surface area contributed by atoms with Gasteiger partial charge in [0, 0.05) is 25.8 Å². The first kappa shape index (κ1) is 33.1. The number of rotatable bonds is 17. The van der Waals surface area contributed by atoms with Crippen LogP contribution < -0.4 is 5.90 Å². The molecule has 2 unspecified atom stereocenters. The summed E-state index contributed by atoms with van der Waals surface area (Å²) < 4.78 is 27.1. The van der Waals surface area contributed by atoms with Crippen molar-refractivity contribution in [3.05, 3.63) is 108 Å². The Kier molecular flexibility index (Phi) is 14.5. The van der Waals surface area contributed by atoms with Crippen LogP contribution in [0.15, 0.2) is 96.5 Å². The zero-order valence-corrected chi connectivity index (χ0v) is 24.0. The van der Waals surface area contributed by atoms with Crippen molar-refractivity contribution in [3.8, 4) is 0 Å². The third kappa shape index (κ3) is 9.51. The van der Waals surface area contributed by atoms with Gasteiger partial charge in [0.05, 0.1) is 12.4 Å². The molecule has 0 spiro atoms. The lowest BCUT2D eigenvalue weighted by Gasteiger charge is -2.29. The highest BCUT2D eigenvalue weighted by atomic mass is 19.1. The van der Waals surface area contributed by atoms with Crippen LogP contribution in [-0.2, 0) is 16.9 Å². The molecular formula is C33H45F2N3O2. The number of aliphatic hydroxyl groups excluding tert-OH is 1. The quantitative estimate of drug-likeness (QED) is 0.0523. The van der Waals surface area contributed by atoms with Crippen LogP contribution in [0.25, 0.3) is 0 Å². The standard InChI is InChI=1S/C33H45F2N3O2/c1-5-7-9-14-27(19-21-33(40-36)22-20-29-30(33)16-12-17-31(29)35)25-26(3)37-32(18-10-8-11-24-39)38(4)28(6-2)15-13-23-34/h5-7,9,12-14,16-17,23,25,28,39H,1-2,8,10-11,15,18-22,24,36H2,3-4H3/b9-7+,23-13+,26-25+,27-14-,37-32-. The minimum Gasteiger partial charge on any atom is -0.396 e. The van der Waals surface area contributed by atoms with Crippen molar-refractivity contribution in [2.45, 2.75) is 76.4 Å². The Labute approximate surface area is 238 Å². The Hall–Kier alpha value is -3.13. The molecule has 3 N–H and O–H groups in total. The van der Waals surface area contributed by atoms with Crippen molar-refractivity contribution in [2.75, 3.05) is 13.7 Å². The number of nitrogens with two attached hydrogens (primary N) is 1. The number of unbranched alkanes of at least 4 members (excludes halogenated alkanes) is 2. The second-order valence-electron chi connectivity index (χ2n) is 10.1. The van der Waals surface area contributed by atoms with Crippen LogP contribution in [0.4, 0.5) is 8.78 Å². The average Bonchev–Trinajstić information content (AvgIpc) is 3.33. The summed E-state index contributed by atoms with van der Waals surface area (Å²) in [6.07, 6.45) is 19.5. The number of halogens is 2. The molecule has 0 amide bonds.